The normalized spacial score (nSPS) is 15.5. The van der Waals surface area contributed by atoms with Gasteiger partial charge in [-0.2, -0.15) is 0 Å². The van der Waals surface area contributed by atoms with Gasteiger partial charge in [0.25, 0.3) is 5.56 Å². The molecule has 0 spiro atoms. The van der Waals surface area contributed by atoms with E-state index in [2.05, 4.69) is 39.6 Å². The zero-order valence-corrected chi connectivity index (χ0v) is 17.4. The Labute approximate surface area is 180 Å². The molecule has 0 radical (unpaired) electrons. The summed E-state index contributed by atoms with van der Waals surface area (Å²) < 4.78 is 1.27. The SMILES string of the molecule is Cc1ncnc2c1c(NC1CCCc3ccccc31)cc(=O)n2OCc1ccccc1. The van der Waals surface area contributed by atoms with Crippen LogP contribution in [0.4, 0.5) is 5.69 Å². The number of fused-ring (bicyclic) bond motifs is 2. The zero-order chi connectivity index (χ0) is 21.2. The Kier molecular flexibility index (Phi) is 5.12. The summed E-state index contributed by atoms with van der Waals surface area (Å²) in [6, 6.07) is 20.0. The second-order valence-electron chi connectivity index (χ2n) is 7.90. The van der Waals surface area contributed by atoms with Gasteiger partial charge >= 0.3 is 0 Å². The highest BCUT2D eigenvalue weighted by atomic mass is 16.7. The molecule has 2 aromatic carbocycles. The van der Waals surface area contributed by atoms with Crippen LogP contribution in [0.3, 0.4) is 0 Å². The lowest BCUT2D eigenvalue weighted by molar-refractivity contribution is 0.0979. The number of aryl methyl sites for hydroxylation is 2. The highest BCUT2D eigenvalue weighted by Gasteiger charge is 2.22. The van der Waals surface area contributed by atoms with Crippen molar-refractivity contribution in [1.82, 2.24) is 14.7 Å². The maximum atomic E-state index is 13.0. The fourth-order valence-corrected chi connectivity index (χ4v) is 4.33. The Bertz CT molecular complexity index is 1280. The minimum atomic E-state index is -0.256. The third kappa shape index (κ3) is 3.77. The average Bonchev–Trinajstić information content (AvgIpc) is 2.79. The van der Waals surface area contributed by atoms with E-state index in [1.165, 1.54) is 22.2 Å². The van der Waals surface area contributed by atoms with Gasteiger partial charge in [0.15, 0.2) is 5.65 Å². The van der Waals surface area contributed by atoms with Gasteiger partial charge in [0.1, 0.15) is 12.9 Å². The average molecular weight is 412 g/mol. The molecule has 1 aliphatic carbocycles. The molecule has 2 heterocycles. The molecule has 0 saturated carbocycles. The Morgan fingerprint density at radius 2 is 1.90 bits per heavy atom. The van der Waals surface area contributed by atoms with Crippen LogP contribution < -0.4 is 15.7 Å². The maximum Gasteiger partial charge on any atom is 0.287 e. The highest BCUT2D eigenvalue weighted by Crippen LogP contribution is 2.34. The van der Waals surface area contributed by atoms with Crippen LogP contribution in [0.1, 0.15) is 41.3 Å². The molecule has 6 nitrogen and oxygen atoms in total. The molecule has 0 bridgehead atoms. The lowest BCUT2D eigenvalue weighted by Gasteiger charge is -2.28. The predicted octanol–water partition coefficient (Wildman–Crippen LogP) is 4.22. The van der Waals surface area contributed by atoms with Crippen LogP contribution in [-0.4, -0.2) is 14.7 Å². The number of nitrogens with one attached hydrogen (secondary N) is 1. The minimum Gasteiger partial charge on any atom is -0.404 e. The summed E-state index contributed by atoms with van der Waals surface area (Å²) in [6.45, 7) is 2.21. The van der Waals surface area contributed by atoms with Crippen LogP contribution in [0.5, 0.6) is 0 Å². The van der Waals surface area contributed by atoms with Gasteiger partial charge in [-0.15, -0.1) is 4.73 Å². The van der Waals surface area contributed by atoms with Gasteiger partial charge in [0.2, 0.25) is 0 Å². The van der Waals surface area contributed by atoms with Crippen molar-refractivity contribution in [2.24, 2.45) is 0 Å². The number of pyridine rings is 1. The smallest absolute Gasteiger partial charge is 0.287 e. The zero-order valence-electron chi connectivity index (χ0n) is 17.4. The number of benzene rings is 2. The van der Waals surface area contributed by atoms with Gasteiger partial charge in [-0.1, -0.05) is 54.6 Å². The second-order valence-corrected chi connectivity index (χ2v) is 7.90. The molecule has 0 saturated heterocycles. The molecular formula is C25H24N4O2. The van der Waals surface area contributed by atoms with Gasteiger partial charge in [-0.05, 0) is 42.9 Å². The van der Waals surface area contributed by atoms with Crippen molar-refractivity contribution in [3.8, 4) is 0 Å². The number of rotatable bonds is 5. The van der Waals surface area contributed by atoms with E-state index in [1.807, 2.05) is 37.3 Å². The first-order valence-corrected chi connectivity index (χ1v) is 10.6. The molecule has 6 heteroatoms. The van der Waals surface area contributed by atoms with Gasteiger partial charge in [-0.25, -0.2) is 9.97 Å². The maximum absolute atomic E-state index is 13.0. The fourth-order valence-electron chi connectivity index (χ4n) is 4.33. The number of anilines is 1. The summed E-state index contributed by atoms with van der Waals surface area (Å²) in [5, 5.41) is 4.42. The lowest BCUT2D eigenvalue weighted by Crippen LogP contribution is -2.28. The third-order valence-corrected chi connectivity index (χ3v) is 5.85. The van der Waals surface area contributed by atoms with E-state index in [9.17, 15) is 4.79 Å². The summed E-state index contributed by atoms with van der Waals surface area (Å²) in [4.78, 5) is 27.7. The van der Waals surface area contributed by atoms with Gasteiger partial charge in [0, 0.05) is 6.07 Å². The van der Waals surface area contributed by atoms with Gasteiger partial charge in [-0.3, -0.25) is 4.79 Å². The Morgan fingerprint density at radius 3 is 2.77 bits per heavy atom. The van der Waals surface area contributed by atoms with Crippen LogP contribution in [0, 0.1) is 6.92 Å². The van der Waals surface area contributed by atoms with Crippen molar-refractivity contribution >= 4 is 16.7 Å². The summed E-state index contributed by atoms with van der Waals surface area (Å²) in [5.74, 6) is 0. The molecule has 31 heavy (non-hydrogen) atoms. The van der Waals surface area contributed by atoms with Crippen LogP contribution in [-0.2, 0) is 13.0 Å². The standard InChI is InChI=1S/C25H24N4O2/c1-17-24-22(28-21-13-7-11-19-10-5-6-12-20(19)21)14-23(30)29(25(24)27-16-26-17)31-15-18-8-3-2-4-9-18/h2-6,8-10,12,14,16,21,28H,7,11,13,15H2,1H3. The Hall–Kier alpha value is -3.67. The summed E-state index contributed by atoms with van der Waals surface area (Å²) in [7, 11) is 0. The number of aromatic nitrogens is 3. The molecule has 0 amide bonds. The van der Waals surface area contributed by atoms with E-state index >= 15 is 0 Å². The Morgan fingerprint density at radius 1 is 1.10 bits per heavy atom. The van der Waals surface area contributed by atoms with Crippen molar-refractivity contribution < 1.29 is 4.84 Å². The van der Waals surface area contributed by atoms with Crippen molar-refractivity contribution in [1.29, 1.82) is 0 Å². The van der Waals surface area contributed by atoms with Gasteiger partial charge < -0.3 is 10.2 Å². The first kappa shape index (κ1) is 19.3. The number of nitrogens with zero attached hydrogens (tertiary/aromatic N) is 3. The molecule has 5 rings (SSSR count). The molecule has 0 aliphatic heterocycles. The third-order valence-electron chi connectivity index (χ3n) is 5.85. The molecule has 156 valence electrons. The van der Waals surface area contributed by atoms with E-state index in [1.54, 1.807) is 6.07 Å². The van der Waals surface area contributed by atoms with Crippen LogP contribution in [0.2, 0.25) is 0 Å². The molecule has 1 aliphatic rings. The minimum absolute atomic E-state index is 0.147. The monoisotopic (exact) mass is 412 g/mol. The van der Waals surface area contributed by atoms with E-state index in [-0.39, 0.29) is 18.2 Å². The van der Waals surface area contributed by atoms with Crippen molar-refractivity contribution in [2.45, 2.75) is 38.8 Å². The molecule has 2 aromatic heterocycles. The van der Waals surface area contributed by atoms with E-state index in [0.29, 0.717) is 5.65 Å². The van der Waals surface area contributed by atoms with Crippen LogP contribution in [0.25, 0.3) is 11.0 Å². The second kappa shape index (κ2) is 8.22. The highest BCUT2D eigenvalue weighted by molar-refractivity contribution is 5.90. The van der Waals surface area contributed by atoms with E-state index in [4.69, 9.17) is 4.84 Å². The summed E-state index contributed by atoms with van der Waals surface area (Å²) in [6.07, 6.45) is 4.68. The summed E-state index contributed by atoms with van der Waals surface area (Å²) in [5.41, 5.74) is 5.40. The van der Waals surface area contributed by atoms with Crippen molar-refractivity contribution in [3.05, 3.63) is 99.7 Å². The predicted molar refractivity (Wildman–Crippen MR) is 121 cm³/mol. The molecule has 1 atom stereocenters. The lowest BCUT2D eigenvalue weighted by atomic mass is 9.87. The number of hydrogen-bond donors (Lipinski definition) is 1. The quantitative estimate of drug-likeness (QED) is 0.532. The fraction of sp³-hybridized carbons (Fsp3) is 0.240. The van der Waals surface area contributed by atoms with E-state index < -0.39 is 0 Å². The first-order chi connectivity index (χ1) is 15.2. The Balaban J connectivity index is 1.54. The number of hydrogen-bond acceptors (Lipinski definition) is 5. The van der Waals surface area contributed by atoms with Crippen LogP contribution in [0.15, 0.2) is 71.8 Å². The molecule has 0 fully saturated rings. The van der Waals surface area contributed by atoms with Crippen molar-refractivity contribution in [2.75, 3.05) is 5.32 Å². The molecule has 1 N–H and O–H groups in total. The largest absolute Gasteiger partial charge is 0.404 e. The summed E-state index contributed by atoms with van der Waals surface area (Å²) >= 11 is 0. The molecule has 1 unspecified atom stereocenters. The molecule has 4 aromatic rings. The topological polar surface area (TPSA) is 69.0 Å². The first-order valence-electron chi connectivity index (χ1n) is 10.6. The van der Waals surface area contributed by atoms with Gasteiger partial charge in [0.05, 0.1) is 22.8 Å². The molecular weight excluding hydrogens is 388 g/mol. The van der Waals surface area contributed by atoms with Crippen molar-refractivity contribution in [3.63, 3.8) is 0 Å². The van der Waals surface area contributed by atoms with Crippen LogP contribution >= 0.6 is 0 Å². The van der Waals surface area contributed by atoms with E-state index in [0.717, 1.165) is 41.6 Å².